The lowest BCUT2D eigenvalue weighted by Gasteiger charge is -2.34. The standard InChI is InChI=1S/C13H14INO5/c14-10-2-1-8(5-11(10)16)13(19)15-3-4-20-7-9(15)6-12(17)18/h1-2,5,9,16H,3-4,6-7H2,(H,17,18). The number of nitrogens with zero attached hydrogens (tertiary/aromatic N) is 1. The number of hydrogen-bond donors (Lipinski definition) is 2. The molecule has 108 valence electrons. The molecule has 0 aromatic heterocycles. The van der Waals surface area contributed by atoms with E-state index in [1.54, 1.807) is 12.1 Å². The summed E-state index contributed by atoms with van der Waals surface area (Å²) in [5, 5.41) is 18.5. The number of amides is 1. The second-order valence-electron chi connectivity index (χ2n) is 4.49. The monoisotopic (exact) mass is 391 g/mol. The number of aromatic hydroxyl groups is 1. The van der Waals surface area contributed by atoms with E-state index in [0.29, 0.717) is 22.3 Å². The van der Waals surface area contributed by atoms with Crippen LogP contribution < -0.4 is 0 Å². The topological polar surface area (TPSA) is 87.1 Å². The van der Waals surface area contributed by atoms with Crippen molar-refractivity contribution in [3.05, 3.63) is 27.3 Å². The average Bonchev–Trinajstić information content (AvgIpc) is 2.41. The van der Waals surface area contributed by atoms with Crippen LogP contribution in [0.2, 0.25) is 0 Å². The predicted octanol–water partition coefficient (Wildman–Crippen LogP) is 1.31. The van der Waals surface area contributed by atoms with E-state index in [1.807, 2.05) is 22.6 Å². The molecule has 1 aliphatic heterocycles. The van der Waals surface area contributed by atoms with Gasteiger partial charge in [-0.25, -0.2) is 0 Å². The minimum Gasteiger partial charge on any atom is -0.507 e. The number of carbonyl (C=O) groups is 2. The minimum atomic E-state index is -0.969. The van der Waals surface area contributed by atoms with Crippen LogP contribution in [0.15, 0.2) is 18.2 Å². The SMILES string of the molecule is O=C(O)CC1COCCN1C(=O)c1ccc(I)c(O)c1. The Hall–Kier alpha value is -1.35. The zero-order valence-corrected chi connectivity index (χ0v) is 12.7. The molecule has 7 heteroatoms. The molecule has 2 rings (SSSR count). The molecule has 1 aromatic rings. The third-order valence-corrected chi connectivity index (χ3v) is 4.00. The number of rotatable bonds is 3. The number of halogens is 1. The van der Waals surface area contributed by atoms with Crippen LogP contribution in [-0.2, 0) is 9.53 Å². The van der Waals surface area contributed by atoms with Crippen LogP contribution in [0.4, 0.5) is 0 Å². The second kappa shape index (κ2) is 6.40. The highest BCUT2D eigenvalue weighted by Crippen LogP contribution is 2.23. The summed E-state index contributed by atoms with van der Waals surface area (Å²) in [5.74, 6) is -1.21. The maximum Gasteiger partial charge on any atom is 0.305 e. The Bertz CT molecular complexity index is 533. The molecule has 2 N–H and O–H groups in total. The van der Waals surface area contributed by atoms with Gasteiger partial charge in [0.1, 0.15) is 5.75 Å². The lowest BCUT2D eigenvalue weighted by molar-refractivity contribution is -0.139. The molecule has 1 aliphatic rings. The molecule has 1 unspecified atom stereocenters. The van der Waals surface area contributed by atoms with E-state index in [4.69, 9.17) is 9.84 Å². The van der Waals surface area contributed by atoms with Gasteiger partial charge < -0.3 is 19.8 Å². The summed E-state index contributed by atoms with van der Waals surface area (Å²) in [6.45, 7) is 0.954. The van der Waals surface area contributed by atoms with Crippen LogP contribution in [0.1, 0.15) is 16.8 Å². The molecule has 1 atom stereocenters. The Balaban J connectivity index is 2.20. The molecule has 0 aliphatic carbocycles. The van der Waals surface area contributed by atoms with Gasteiger partial charge in [0.25, 0.3) is 5.91 Å². The van der Waals surface area contributed by atoms with Gasteiger partial charge in [0.15, 0.2) is 0 Å². The van der Waals surface area contributed by atoms with Gasteiger partial charge in [-0.3, -0.25) is 9.59 Å². The minimum absolute atomic E-state index is 0.0412. The summed E-state index contributed by atoms with van der Waals surface area (Å²) in [7, 11) is 0. The predicted molar refractivity (Wildman–Crippen MR) is 78.7 cm³/mol. The van der Waals surface area contributed by atoms with Gasteiger partial charge in [0, 0.05) is 12.1 Å². The third kappa shape index (κ3) is 3.40. The van der Waals surface area contributed by atoms with E-state index in [-0.39, 0.29) is 24.7 Å². The number of aliphatic carboxylic acids is 1. The van der Waals surface area contributed by atoms with Gasteiger partial charge in [-0.2, -0.15) is 0 Å². The van der Waals surface area contributed by atoms with Gasteiger partial charge in [-0.15, -0.1) is 0 Å². The van der Waals surface area contributed by atoms with Crippen molar-refractivity contribution in [2.45, 2.75) is 12.5 Å². The first-order valence-electron chi connectivity index (χ1n) is 6.08. The zero-order chi connectivity index (χ0) is 14.7. The van der Waals surface area contributed by atoms with E-state index in [2.05, 4.69) is 0 Å². The molecule has 1 aromatic carbocycles. The number of carboxylic acid groups (broad SMARTS) is 1. The highest BCUT2D eigenvalue weighted by molar-refractivity contribution is 14.1. The molecular formula is C13H14INO5. The van der Waals surface area contributed by atoms with Crippen LogP contribution in [0.25, 0.3) is 0 Å². The van der Waals surface area contributed by atoms with Crippen LogP contribution >= 0.6 is 22.6 Å². The van der Waals surface area contributed by atoms with Crippen LogP contribution in [0.5, 0.6) is 5.75 Å². The molecule has 20 heavy (non-hydrogen) atoms. The number of ether oxygens (including phenoxy) is 1. The van der Waals surface area contributed by atoms with Gasteiger partial charge in [0.05, 0.1) is 29.2 Å². The van der Waals surface area contributed by atoms with Crippen molar-refractivity contribution in [3.63, 3.8) is 0 Å². The molecule has 1 amide bonds. The normalized spacial score (nSPS) is 18.9. The molecular weight excluding hydrogens is 377 g/mol. The van der Waals surface area contributed by atoms with E-state index in [9.17, 15) is 14.7 Å². The number of hydrogen-bond acceptors (Lipinski definition) is 4. The van der Waals surface area contributed by atoms with Crippen LogP contribution in [0, 0.1) is 3.57 Å². The van der Waals surface area contributed by atoms with Gasteiger partial charge in [-0.1, -0.05) is 0 Å². The van der Waals surface area contributed by atoms with Crippen molar-refractivity contribution in [1.29, 1.82) is 0 Å². The highest BCUT2D eigenvalue weighted by atomic mass is 127. The average molecular weight is 391 g/mol. The Morgan fingerprint density at radius 2 is 2.20 bits per heavy atom. The lowest BCUT2D eigenvalue weighted by Crippen LogP contribution is -2.49. The molecule has 1 saturated heterocycles. The van der Waals surface area contributed by atoms with Crippen LogP contribution in [-0.4, -0.2) is 52.8 Å². The smallest absolute Gasteiger partial charge is 0.305 e. The first kappa shape index (κ1) is 15.0. The molecule has 0 bridgehead atoms. The largest absolute Gasteiger partial charge is 0.507 e. The lowest BCUT2D eigenvalue weighted by atomic mass is 10.1. The van der Waals surface area contributed by atoms with Crippen molar-refractivity contribution in [1.82, 2.24) is 4.90 Å². The summed E-state index contributed by atoms with van der Waals surface area (Å²) >= 11 is 1.97. The first-order chi connectivity index (χ1) is 9.49. The summed E-state index contributed by atoms with van der Waals surface area (Å²) in [4.78, 5) is 24.8. The molecule has 0 saturated carbocycles. The van der Waals surface area contributed by atoms with E-state index < -0.39 is 12.0 Å². The van der Waals surface area contributed by atoms with Gasteiger partial charge in [0.2, 0.25) is 0 Å². The Labute approximate surface area is 129 Å². The summed E-state index contributed by atoms with van der Waals surface area (Å²) in [6, 6.07) is 4.19. The quantitative estimate of drug-likeness (QED) is 0.759. The molecule has 6 nitrogen and oxygen atoms in total. The highest BCUT2D eigenvalue weighted by Gasteiger charge is 2.30. The third-order valence-electron chi connectivity index (χ3n) is 3.09. The van der Waals surface area contributed by atoms with Gasteiger partial charge in [-0.05, 0) is 40.8 Å². The maximum atomic E-state index is 12.4. The number of phenols is 1. The summed E-state index contributed by atoms with van der Waals surface area (Å²) < 4.78 is 5.89. The van der Waals surface area contributed by atoms with Crippen molar-refractivity contribution in [2.75, 3.05) is 19.8 Å². The summed E-state index contributed by atoms with van der Waals surface area (Å²) in [5.41, 5.74) is 0.347. The first-order valence-corrected chi connectivity index (χ1v) is 7.16. The zero-order valence-electron chi connectivity index (χ0n) is 10.6. The van der Waals surface area contributed by atoms with Gasteiger partial charge >= 0.3 is 5.97 Å². The molecule has 1 fully saturated rings. The Kier molecular flexibility index (Phi) is 4.81. The van der Waals surface area contributed by atoms with E-state index >= 15 is 0 Å². The van der Waals surface area contributed by atoms with Crippen molar-refractivity contribution in [3.8, 4) is 5.75 Å². The molecule has 1 heterocycles. The van der Waals surface area contributed by atoms with Crippen molar-refractivity contribution >= 4 is 34.5 Å². The molecule has 0 radical (unpaired) electrons. The van der Waals surface area contributed by atoms with Crippen molar-refractivity contribution < 1.29 is 24.5 Å². The summed E-state index contributed by atoms with van der Waals surface area (Å²) in [6.07, 6.45) is -0.151. The number of benzene rings is 1. The fourth-order valence-corrected chi connectivity index (χ4v) is 2.44. The number of carboxylic acids is 1. The number of phenolic OH excluding ortho intramolecular Hbond substituents is 1. The maximum absolute atomic E-state index is 12.4. The molecule has 0 spiro atoms. The van der Waals surface area contributed by atoms with E-state index in [0.717, 1.165) is 0 Å². The number of carbonyl (C=O) groups excluding carboxylic acids is 1. The fraction of sp³-hybridized carbons (Fsp3) is 0.385. The Morgan fingerprint density at radius 1 is 1.45 bits per heavy atom. The van der Waals surface area contributed by atoms with Crippen molar-refractivity contribution in [2.24, 2.45) is 0 Å². The van der Waals surface area contributed by atoms with E-state index in [1.165, 1.54) is 11.0 Å². The fourth-order valence-electron chi connectivity index (χ4n) is 2.10. The number of morpholine rings is 1. The van der Waals surface area contributed by atoms with Crippen LogP contribution in [0.3, 0.4) is 0 Å². The second-order valence-corrected chi connectivity index (χ2v) is 5.65. The Morgan fingerprint density at radius 3 is 2.85 bits per heavy atom.